The third-order valence-electron chi connectivity index (χ3n) is 8.80. The normalized spacial score (nSPS) is 23.6. The van der Waals surface area contributed by atoms with Gasteiger partial charge in [0.25, 0.3) is 11.8 Å². The van der Waals surface area contributed by atoms with Crippen LogP contribution in [0.3, 0.4) is 0 Å². The van der Waals surface area contributed by atoms with Crippen molar-refractivity contribution in [3.05, 3.63) is 53.0 Å². The molecule has 8 nitrogen and oxygen atoms in total. The van der Waals surface area contributed by atoms with E-state index >= 15 is 0 Å². The van der Waals surface area contributed by atoms with Gasteiger partial charge in [0.15, 0.2) is 11.2 Å². The molecule has 0 spiro atoms. The van der Waals surface area contributed by atoms with Crippen LogP contribution in [0, 0.1) is 11.7 Å². The Morgan fingerprint density at radius 1 is 1.12 bits per heavy atom. The number of ether oxygens (including phenoxy) is 1. The molecule has 1 saturated heterocycles. The highest BCUT2D eigenvalue weighted by Crippen LogP contribution is 2.49. The smallest absolute Gasteiger partial charge is 0.307 e. The zero-order chi connectivity index (χ0) is 29.0. The first kappa shape index (κ1) is 29.2. The van der Waals surface area contributed by atoms with E-state index in [1.807, 2.05) is 6.92 Å². The lowest BCUT2D eigenvalue weighted by molar-refractivity contribution is -0.164. The van der Waals surface area contributed by atoms with Crippen molar-refractivity contribution in [3.8, 4) is 0 Å². The van der Waals surface area contributed by atoms with Crippen molar-refractivity contribution in [1.29, 1.82) is 0 Å². The lowest BCUT2D eigenvalue weighted by Crippen LogP contribution is -2.53. The molecule has 1 aromatic carbocycles. The van der Waals surface area contributed by atoms with Gasteiger partial charge in [-0.15, -0.1) is 0 Å². The van der Waals surface area contributed by atoms with Gasteiger partial charge in [0.1, 0.15) is 11.5 Å². The number of likely N-dealkylation sites (tertiary alicyclic amines) is 1. The SMILES string of the molecule is CCCCCCCCCC(=O)OC1(c2noc3cc(F)ccc23)C=CC2=C(C(=O)NC2=O)C1C(C)N1CCCCC1. The molecular formula is C32H40FN3O5. The fourth-order valence-corrected chi connectivity index (χ4v) is 6.65. The second kappa shape index (κ2) is 12.7. The topological polar surface area (TPSA) is 102 Å². The van der Waals surface area contributed by atoms with Crippen LogP contribution in [0.4, 0.5) is 4.39 Å². The Hall–Kier alpha value is -3.33. The number of hydrogen-bond donors (Lipinski definition) is 1. The van der Waals surface area contributed by atoms with E-state index in [1.165, 1.54) is 31.4 Å². The highest BCUT2D eigenvalue weighted by molar-refractivity contribution is 6.21. The number of amides is 2. The highest BCUT2D eigenvalue weighted by atomic mass is 19.1. The second-order valence-electron chi connectivity index (χ2n) is 11.6. The first-order valence-electron chi connectivity index (χ1n) is 15.2. The van der Waals surface area contributed by atoms with E-state index < -0.39 is 35.1 Å². The molecule has 3 heterocycles. The minimum atomic E-state index is -1.53. The molecule has 41 heavy (non-hydrogen) atoms. The van der Waals surface area contributed by atoms with Gasteiger partial charge in [-0.3, -0.25) is 24.6 Å². The summed E-state index contributed by atoms with van der Waals surface area (Å²) in [6, 6.07) is 3.83. The maximum absolute atomic E-state index is 14.1. The Labute approximate surface area is 240 Å². The predicted octanol–water partition coefficient (Wildman–Crippen LogP) is 5.86. The molecule has 0 bridgehead atoms. The van der Waals surface area contributed by atoms with Crippen molar-refractivity contribution < 1.29 is 28.0 Å². The number of carbonyl (C=O) groups is 3. The summed E-state index contributed by atoms with van der Waals surface area (Å²) in [4.78, 5) is 41.9. The van der Waals surface area contributed by atoms with Crippen LogP contribution in [0.15, 0.2) is 46.0 Å². The number of nitrogens with zero attached hydrogens (tertiary/aromatic N) is 2. The summed E-state index contributed by atoms with van der Waals surface area (Å²) in [5, 5.41) is 7.26. The minimum absolute atomic E-state index is 0.215. The predicted molar refractivity (Wildman–Crippen MR) is 152 cm³/mol. The Morgan fingerprint density at radius 2 is 1.85 bits per heavy atom. The summed E-state index contributed by atoms with van der Waals surface area (Å²) >= 11 is 0. The number of halogens is 1. The number of hydrogen-bond acceptors (Lipinski definition) is 7. The zero-order valence-corrected chi connectivity index (χ0v) is 24.0. The monoisotopic (exact) mass is 565 g/mol. The number of unbranched alkanes of at least 4 members (excludes halogenated alkanes) is 6. The fourth-order valence-electron chi connectivity index (χ4n) is 6.65. The average Bonchev–Trinajstić information content (AvgIpc) is 3.52. The summed E-state index contributed by atoms with van der Waals surface area (Å²) in [7, 11) is 0. The van der Waals surface area contributed by atoms with Gasteiger partial charge >= 0.3 is 5.97 Å². The van der Waals surface area contributed by atoms with E-state index in [4.69, 9.17) is 9.26 Å². The van der Waals surface area contributed by atoms with Gasteiger partial charge in [-0.25, -0.2) is 4.39 Å². The molecule has 2 amide bonds. The Kier molecular flexibility index (Phi) is 9.02. The molecule has 9 heteroatoms. The average molecular weight is 566 g/mol. The van der Waals surface area contributed by atoms with E-state index in [2.05, 4.69) is 22.3 Å². The van der Waals surface area contributed by atoms with Crippen LogP contribution < -0.4 is 5.32 Å². The van der Waals surface area contributed by atoms with Crippen molar-refractivity contribution >= 4 is 28.8 Å². The van der Waals surface area contributed by atoms with Crippen LogP contribution in [-0.4, -0.2) is 47.0 Å². The van der Waals surface area contributed by atoms with E-state index in [0.717, 1.165) is 51.6 Å². The summed E-state index contributed by atoms with van der Waals surface area (Å²) in [5.74, 6) is -2.58. The van der Waals surface area contributed by atoms with Crippen molar-refractivity contribution in [1.82, 2.24) is 15.4 Å². The molecule has 3 unspecified atom stereocenters. The minimum Gasteiger partial charge on any atom is -0.447 e. The van der Waals surface area contributed by atoms with Crippen LogP contribution >= 0.6 is 0 Å². The van der Waals surface area contributed by atoms with Gasteiger partial charge in [0, 0.05) is 35.1 Å². The molecule has 1 fully saturated rings. The summed E-state index contributed by atoms with van der Waals surface area (Å²) in [5.41, 5.74) is -0.450. The van der Waals surface area contributed by atoms with Gasteiger partial charge in [-0.05, 0) is 63.6 Å². The molecule has 5 rings (SSSR count). The number of rotatable bonds is 12. The molecule has 2 aliphatic heterocycles. The number of benzene rings is 1. The molecule has 1 aliphatic carbocycles. The van der Waals surface area contributed by atoms with Crippen LogP contribution in [-0.2, 0) is 24.7 Å². The number of imide groups is 1. The first-order chi connectivity index (χ1) is 19.9. The molecule has 3 aliphatic rings. The number of nitrogens with one attached hydrogen (secondary N) is 1. The van der Waals surface area contributed by atoms with E-state index in [1.54, 1.807) is 18.2 Å². The van der Waals surface area contributed by atoms with E-state index in [9.17, 15) is 18.8 Å². The third-order valence-corrected chi connectivity index (χ3v) is 8.80. The molecule has 0 saturated carbocycles. The van der Waals surface area contributed by atoms with Crippen molar-refractivity contribution in [2.45, 2.75) is 96.1 Å². The van der Waals surface area contributed by atoms with Crippen molar-refractivity contribution in [3.63, 3.8) is 0 Å². The van der Waals surface area contributed by atoms with Crippen molar-refractivity contribution in [2.24, 2.45) is 5.92 Å². The molecular weight excluding hydrogens is 525 g/mol. The van der Waals surface area contributed by atoms with Gasteiger partial charge < -0.3 is 9.26 Å². The molecule has 1 N–H and O–H groups in total. The lowest BCUT2D eigenvalue weighted by Gasteiger charge is -2.46. The number of fused-ring (bicyclic) bond motifs is 1. The molecule has 1 aromatic heterocycles. The zero-order valence-electron chi connectivity index (χ0n) is 24.0. The molecule has 0 radical (unpaired) electrons. The summed E-state index contributed by atoms with van der Waals surface area (Å²) < 4.78 is 26.1. The first-order valence-corrected chi connectivity index (χ1v) is 15.2. The molecule has 220 valence electrons. The fraction of sp³-hybridized carbons (Fsp3) is 0.562. The van der Waals surface area contributed by atoms with Crippen LogP contribution in [0.1, 0.15) is 90.2 Å². The summed E-state index contributed by atoms with van der Waals surface area (Å²) in [6.45, 7) is 5.85. The Bertz CT molecular complexity index is 1360. The van der Waals surface area contributed by atoms with Crippen LogP contribution in [0.2, 0.25) is 0 Å². The lowest BCUT2D eigenvalue weighted by atomic mass is 9.69. The van der Waals surface area contributed by atoms with Crippen molar-refractivity contribution in [2.75, 3.05) is 13.1 Å². The highest BCUT2D eigenvalue weighted by Gasteiger charge is 2.56. The number of esters is 1. The van der Waals surface area contributed by atoms with E-state index in [0.29, 0.717) is 17.5 Å². The van der Waals surface area contributed by atoms with Crippen LogP contribution in [0.5, 0.6) is 0 Å². The summed E-state index contributed by atoms with van der Waals surface area (Å²) in [6.07, 6.45) is 14.0. The van der Waals surface area contributed by atoms with Gasteiger partial charge in [-0.1, -0.05) is 57.0 Å². The second-order valence-corrected chi connectivity index (χ2v) is 11.6. The Morgan fingerprint density at radius 3 is 2.61 bits per heavy atom. The molecule has 3 atom stereocenters. The third kappa shape index (κ3) is 5.87. The van der Waals surface area contributed by atoms with Gasteiger partial charge in [-0.2, -0.15) is 0 Å². The molecule has 2 aromatic rings. The number of piperidine rings is 1. The maximum Gasteiger partial charge on any atom is 0.307 e. The van der Waals surface area contributed by atoms with Crippen LogP contribution in [0.25, 0.3) is 11.0 Å². The number of aromatic nitrogens is 1. The number of carbonyl (C=O) groups excluding carboxylic acids is 3. The maximum atomic E-state index is 14.1. The quantitative estimate of drug-likeness (QED) is 0.195. The standard InChI is InChI=1S/C32H40FN3O5/c1-3-4-5-6-7-8-10-13-26(37)40-32(29-23-15-14-22(33)20-25(23)41-35-29)17-16-24-27(31(39)34-30(24)38)28(32)21(2)36-18-11-9-12-19-36/h14-17,20-21,28H,3-13,18-19H2,1-2H3,(H,34,38,39). The van der Waals surface area contributed by atoms with E-state index in [-0.39, 0.29) is 29.2 Å². The van der Waals surface area contributed by atoms with Gasteiger partial charge in [0.2, 0.25) is 0 Å². The van der Waals surface area contributed by atoms with Gasteiger partial charge in [0.05, 0.1) is 5.92 Å². The Balaban J connectivity index is 1.53. The largest absolute Gasteiger partial charge is 0.447 e.